The van der Waals surface area contributed by atoms with Gasteiger partial charge in [0.1, 0.15) is 18.2 Å². The highest BCUT2D eigenvalue weighted by molar-refractivity contribution is 9.10. The number of ether oxygens (including phenoxy) is 1. The predicted octanol–water partition coefficient (Wildman–Crippen LogP) is 5.49. The third kappa shape index (κ3) is 5.29. The first-order chi connectivity index (χ1) is 14.0. The van der Waals surface area contributed by atoms with Crippen LogP contribution < -0.4 is 4.74 Å². The number of carbonyl (C=O) groups is 1. The van der Waals surface area contributed by atoms with E-state index in [2.05, 4.69) is 15.9 Å². The van der Waals surface area contributed by atoms with E-state index in [9.17, 15) is 27.5 Å². The van der Waals surface area contributed by atoms with Crippen LogP contribution in [0.3, 0.4) is 0 Å². The van der Waals surface area contributed by atoms with Crippen molar-refractivity contribution in [3.63, 3.8) is 0 Å². The lowest BCUT2D eigenvalue weighted by Gasteiger charge is -2.31. The van der Waals surface area contributed by atoms with Crippen molar-refractivity contribution < 1.29 is 32.2 Å². The summed E-state index contributed by atoms with van der Waals surface area (Å²) < 4.78 is 57.4. The van der Waals surface area contributed by atoms with Gasteiger partial charge in [-0.25, -0.2) is 4.39 Å². The highest BCUT2D eigenvalue weighted by atomic mass is 79.9. The summed E-state index contributed by atoms with van der Waals surface area (Å²) >= 11 is 2.91. The van der Waals surface area contributed by atoms with Crippen LogP contribution in [0.1, 0.15) is 24.5 Å². The molecule has 30 heavy (non-hydrogen) atoms. The number of benzene rings is 2. The molecule has 0 heterocycles. The minimum absolute atomic E-state index is 0.0217. The number of hydrogen-bond acceptors (Lipinski definition) is 3. The van der Waals surface area contributed by atoms with Crippen LogP contribution in [0.15, 0.2) is 58.6 Å². The Labute approximate surface area is 179 Å². The van der Waals surface area contributed by atoms with E-state index in [-0.39, 0.29) is 11.1 Å². The molecule has 1 unspecified atom stereocenters. The van der Waals surface area contributed by atoms with Gasteiger partial charge in [0, 0.05) is 10.4 Å². The highest BCUT2D eigenvalue weighted by Crippen LogP contribution is 2.37. The molecule has 0 aromatic heterocycles. The molecule has 2 aromatic rings. The Bertz CT molecular complexity index is 965. The Hall–Kier alpha value is -2.19. The van der Waals surface area contributed by atoms with Crippen molar-refractivity contribution in [3.8, 4) is 5.75 Å². The maximum absolute atomic E-state index is 13.0. The molecule has 3 rings (SSSR count). The number of carbonyl (C=O) groups excluding carboxylic acids is 1. The molecule has 0 saturated carbocycles. The molecule has 0 bridgehead atoms. The van der Waals surface area contributed by atoms with Gasteiger partial charge >= 0.3 is 6.18 Å². The number of alkyl halides is 3. The number of aliphatic hydroxyl groups is 1. The second kappa shape index (κ2) is 8.51. The van der Waals surface area contributed by atoms with E-state index in [0.717, 1.165) is 11.6 Å². The fraction of sp³-hybridized carbons (Fsp3) is 0.318. The quantitative estimate of drug-likeness (QED) is 0.415. The first kappa shape index (κ1) is 22.5. The third-order valence-corrected chi connectivity index (χ3v) is 5.58. The van der Waals surface area contributed by atoms with Crippen molar-refractivity contribution in [1.29, 1.82) is 0 Å². The summed E-state index contributed by atoms with van der Waals surface area (Å²) in [6, 6.07) is 9.25. The van der Waals surface area contributed by atoms with Crippen LogP contribution >= 0.6 is 15.9 Å². The normalized spacial score (nSPS) is 18.2. The van der Waals surface area contributed by atoms with Crippen LogP contribution in [0, 0.1) is 11.7 Å². The molecular weight excluding hydrogens is 468 g/mol. The van der Waals surface area contributed by atoms with Crippen molar-refractivity contribution >= 4 is 21.7 Å². The SMILES string of the molecule is C[C@](O)(COc1ccc(F)cc1)C(=O)C1C=C(Cc2ccc(Br)c(C(F)(F)F)c2)C1. The van der Waals surface area contributed by atoms with Crippen LogP contribution in [0.25, 0.3) is 0 Å². The van der Waals surface area contributed by atoms with Crippen LogP contribution in [0.4, 0.5) is 17.6 Å². The zero-order valence-electron chi connectivity index (χ0n) is 16.0. The molecule has 3 nitrogen and oxygen atoms in total. The Morgan fingerprint density at radius 1 is 1.20 bits per heavy atom. The topological polar surface area (TPSA) is 46.5 Å². The number of rotatable bonds is 7. The Kier molecular flexibility index (Phi) is 6.38. The second-order valence-corrected chi connectivity index (χ2v) is 8.36. The third-order valence-electron chi connectivity index (χ3n) is 4.89. The summed E-state index contributed by atoms with van der Waals surface area (Å²) in [4.78, 5) is 12.6. The average molecular weight is 487 g/mol. The van der Waals surface area contributed by atoms with Gasteiger partial charge in [-0.1, -0.05) is 33.6 Å². The van der Waals surface area contributed by atoms with Crippen molar-refractivity contribution in [3.05, 3.63) is 75.5 Å². The zero-order valence-corrected chi connectivity index (χ0v) is 17.6. The summed E-state index contributed by atoms with van der Waals surface area (Å²) in [5.41, 5.74) is -1.16. The van der Waals surface area contributed by atoms with Gasteiger partial charge in [-0.2, -0.15) is 13.2 Å². The van der Waals surface area contributed by atoms with E-state index in [0.29, 0.717) is 24.2 Å². The first-order valence-electron chi connectivity index (χ1n) is 9.16. The van der Waals surface area contributed by atoms with Gasteiger partial charge in [-0.05, 0) is 61.7 Å². The van der Waals surface area contributed by atoms with Crippen LogP contribution in [-0.4, -0.2) is 23.1 Å². The summed E-state index contributed by atoms with van der Waals surface area (Å²) in [6.45, 7) is 1.05. The number of ketones is 1. The van der Waals surface area contributed by atoms with Crippen LogP contribution in [0.5, 0.6) is 5.75 Å². The molecule has 160 valence electrons. The molecule has 2 atom stereocenters. The van der Waals surface area contributed by atoms with Gasteiger partial charge < -0.3 is 9.84 Å². The number of hydrogen-bond donors (Lipinski definition) is 1. The van der Waals surface area contributed by atoms with Crippen LogP contribution in [-0.2, 0) is 17.4 Å². The molecule has 1 aliphatic carbocycles. The molecule has 0 amide bonds. The lowest BCUT2D eigenvalue weighted by Crippen LogP contribution is -2.46. The van der Waals surface area contributed by atoms with E-state index >= 15 is 0 Å². The predicted molar refractivity (Wildman–Crippen MR) is 107 cm³/mol. The van der Waals surface area contributed by atoms with Crippen molar-refractivity contribution in [2.75, 3.05) is 6.61 Å². The Morgan fingerprint density at radius 3 is 2.43 bits per heavy atom. The van der Waals surface area contributed by atoms with Gasteiger partial charge in [0.25, 0.3) is 0 Å². The maximum Gasteiger partial charge on any atom is 0.417 e. The highest BCUT2D eigenvalue weighted by Gasteiger charge is 2.39. The van der Waals surface area contributed by atoms with E-state index < -0.39 is 34.9 Å². The van der Waals surface area contributed by atoms with Crippen molar-refractivity contribution in [2.45, 2.75) is 31.5 Å². The zero-order chi connectivity index (χ0) is 22.1. The van der Waals surface area contributed by atoms with E-state index in [1.54, 1.807) is 12.1 Å². The Morgan fingerprint density at radius 2 is 1.83 bits per heavy atom. The minimum atomic E-state index is -4.45. The molecule has 8 heteroatoms. The molecule has 0 radical (unpaired) electrons. The minimum Gasteiger partial charge on any atom is -0.490 e. The summed E-state index contributed by atoms with van der Waals surface area (Å²) in [5, 5.41) is 10.5. The van der Waals surface area contributed by atoms with E-state index in [1.807, 2.05) is 0 Å². The molecule has 2 aromatic carbocycles. The lowest BCUT2D eigenvalue weighted by atomic mass is 9.76. The van der Waals surface area contributed by atoms with E-state index in [4.69, 9.17) is 4.74 Å². The van der Waals surface area contributed by atoms with Gasteiger partial charge in [0.2, 0.25) is 0 Å². The monoisotopic (exact) mass is 486 g/mol. The standard InChI is InChI=1S/C22H19BrF4O3/c1-21(29,12-30-17-5-3-16(24)4-6-17)20(28)15-9-14(10-15)8-13-2-7-19(23)18(11-13)22(25,26)27/h2-7,9,11,15,29H,8,10,12H2,1H3/t15?,21-/m0/s1. The molecule has 0 aliphatic heterocycles. The van der Waals surface area contributed by atoms with Gasteiger partial charge in [0.15, 0.2) is 11.4 Å². The molecular formula is C22H19BrF4O3. The number of allylic oxidation sites excluding steroid dienone is 2. The maximum atomic E-state index is 13.0. The largest absolute Gasteiger partial charge is 0.490 e. The second-order valence-electron chi connectivity index (χ2n) is 7.50. The summed E-state index contributed by atoms with van der Waals surface area (Å²) in [6.07, 6.45) is -2.12. The van der Waals surface area contributed by atoms with Gasteiger partial charge in [0.05, 0.1) is 5.56 Å². The van der Waals surface area contributed by atoms with E-state index in [1.165, 1.54) is 37.3 Å². The first-order valence-corrected chi connectivity index (χ1v) is 9.95. The smallest absolute Gasteiger partial charge is 0.417 e. The number of halogens is 5. The van der Waals surface area contributed by atoms with Gasteiger partial charge in [-0.3, -0.25) is 4.79 Å². The fourth-order valence-electron chi connectivity index (χ4n) is 3.22. The summed E-state index contributed by atoms with van der Waals surface area (Å²) in [5.74, 6) is -1.06. The summed E-state index contributed by atoms with van der Waals surface area (Å²) in [7, 11) is 0. The lowest BCUT2D eigenvalue weighted by molar-refractivity contribution is -0.142. The average Bonchev–Trinajstić information content (AvgIpc) is 2.63. The molecule has 0 saturated heterocycles. The molecule has 0 spiro atoms. The number of Topliss-reactive ketones (excluding diaryl/α,β-unsaturated/α-hetero) is 1. The molecule has 1 aliphatic rings. The Balaban J connectivity index is 1.59. The van der Waals surface area contributed by atoms with Crippen LogP contribution in [0.2, 0.25) is 0 Å². The van der Waals surface area contributed by atoms with Crippen molar-refractivity contribution in [2.24, 2.45) is 5.92 Å². The van der Waals surface area contributed by atoms with Crippen molar-refractivity contribution in [1.82, 2.24) is 0 Å². The molecule has 1 N–H and O–H groups in total. The van der Waals surface area contributed by atoms with Gasteiger partial charge in [-0.15, -0.1) is 0 Å². The molecule has 0 fully saturated rings. The fourth-order valence-corrected chi connectivity index (χ4v) is 3.69.